The molecule has 0 radical (unpaired) electrons. The third kappa shape index (κ3) is 5.62. The van der Waals surface area contributed by atoms with Crippen LogP contribution in [-0.4, -0.2) is 28.8 Å². The summed E-state index contributed by atoms with van der Waals surface area (Å²) < 4.78 is 0. The summed E-state index contributed by atoms with van der Waals surface area (Å²) in [7, 11) is 0. The normalized spacial score (nSPS) is 27.8. The SMILES string of the molecule is C=C(C)CC(C)(CCC1(C)CC(=O)CC(C)(C)N1)NC=O. The fourth-order valence-electron chi connectivity index (χ4n) is 3.62. The van der Waals surface area contributed by atoms with Crippen LogP contribution in [0.2, 0.25) is 0 Å². The topological polar surface area (TPSA) is 58.2 Å². The molecule has 0 aliphatic carbocycles. The van der Waals surface area contributed by atoms with E-state index in [2.05, 4.69) is 38.0 Å². The van der Waals surface area contributed by atoms with E-state index < -0.39 is 0 Å². The predicted molar refractivity (Wildman–Crippen MR) is 86.1 cm³/mol. The Balaban J connectivity index is 2.76. The van der Waals surface area contributed by atoms with Crippen LogP contribution in [0, 0.1) is 0 Å². The van der Waals surface area contributed by atoms with Crippen LogP contribution in [0.15, 0.2) is 12.2 Å². The molecule has 2 N–H and O–H groups in total. The molecule has 0 saturated carbocycles. The van der Waals surface area contributed by atoms with Gasteiger partial charge in [0.25, 0.3) is 0 Å². The molecule has 4 nitrogen and oxygen atoms in total. The maximum atomic E-state index is 12.0. The van der Waals surface area contributed by atoms with Crippen LogP contribution in [0.5, 0.6) is 0 Å². The second-order valence-electron chi connectivity index (χ2n) is 7.92. The Bertz CT molecular complexity index is 431. The molecule has 4 heteroatoms. The van der Waals surface area contributed by atoms with Gasteiger partial charge in [-0.1, -0.05) is 5.57 Å². The van der Waals surface area contributed by atoms with Gasteiger partial charge in [-0.15, -0.1) is 6.58 Å². The zero-order chi connectivity index (χ0) is 16.3. The van der Waals surface area contributed by atoms with Crippen molar-refractivity contribution in [2.75, 3.05) is 0 Å². The van der Waals surface area contributed by atoms with E-state index in [1.165, 1.54) is 0 Å². The van der Waals surface area contributed by atoms with Crippen molar-refractivity contribution in [3.05, 3.63) is 12.2 Å². The van der Waals surface area contributed by atoms with Crippen LogP contribution < -0.4 is 10.6 Å². The molecule has 2 atom stereocenters. The van der Waals surface area contributed by atoms with Gasteiger partial charge in [0.1, 0.15) is 5.78 Å². The standard InChI is InChI=1S/C17H30N2O2/c1-13(2)9-16(5,18-12-20)7-8-17(6)11-14(21)10-15(3,4)19-17/h12,19H,1,7-11H2,2-6H3,(H,18,20). The number of piperidine rings is 1. The Morgan fingerprint density at radius 1 is 1.43 bits per heavy atom. The number of carbonyl (C=O) groups is 2. The number of hydrogen-bond acceptors (Lipinski definition) is 3. The fourth-order valence-corrected chi connectivity index (χ4v) is 3.62. The molecule has 1 fully saturated rings. The van der Waals surface area contributed by atoms with Crippen LogP contribution >= 0.6 is 0 Å². The van der Waals surface area contributed by atoms with Crippen molar-refractivity contribution in [3.8, 4) is 0 Å². The highest BCUT2D eigenvalue weighted by molar-refractivity contribution is 5.81. The van der Waals surface area contributed by atoms with Gasteiger partial charge in [0, 0.05) is 29.5 Å². The summed E-state index contributed by atoms with van der Waals surface area (Å²) >= 11 is 0. The molecule has 0 bridgehead atoms. The van der Waals surface area contributed by atoms with Crippen LogP contribution in [-0.2, 0) is 9.59 Å². The van der Waals surface area contributed by atoms with E-state index in [9.17, 15) is 9.59 Å². The van der Waals surface area contributed by atoms with Crippen LogP contribution in [0.4, 0.5) is 0 Å². The van der Waals surface area contributed by atoms with Gasteiger partial charge in [0.2, 0.25) is 6.41 Å². The van der Waals surface area contributed by atoms with Crippen molar-refractivity contribution in [2.24, 2.45) is 0 Å². The van der Waals surface area contributed by atoms with Crippen molar-refractivity contribution < 1.29 is 9.59 Å². The summed E-state index contributed by atoms with van der Waals surface area (Å²) in [4.78, 5) is 22.9. The van der Waals surface area contributed by atoms with E-state index in [1.54, 1.807) is 0 Å². The van der Waals surface area contributed by atoms with Crippen LogP contribution in [0.25, 0.3) is 0 Å². The van der Waals surface area contributed by atoms with Crippen LogP contribution in [0.3, 0.4) is 0 Å². The number of Topliss-reactive ketones (excluding diaryl/α,β-unsaturated/α-hetero) is 1. The largest absolute Gasteiger partial charge is 0.353 e. The predicted octanol–water partition coefficient (Wildman–Crippen LogP) is 2.73. The molecule has 0 aromatic heterocycles. The van der Waals surface area contributed by atoms with E-state index in [0.717, 1.165) is 31.2 Å². The van der Waals surface area contributed by atoms with Gasteiger partial charge >= 0.3 is 0 Å². The molecular formula is C17H30N2O2. The highest BCUT2D eigenvalue weighted by atomic mass is 16.1. The Kier molecular flexibility index (Phi) is 5.37. The number of ketones is 1. The lowest BCUT2D eigenvalue weighted by atomic mass is 9.76. The van der Waals surface area contributed by atoms with E-state index in [0.29, 0.717) is 18.6 Å². The molecule has 120 valence electrons. The molecule has 21 heavy (non-hydrogen) atoms. The number of amides is 1. The first kappa shape index (κ1) is 17.9. The molecule has 1 aliphatic heterocycles. The molecule has 0 aromatic carbocycles. The number of rotatable bonds is 7. The summed E-state index contributed by atoms with van der Waals surface area (Å²) in [6.07, 6.45) is 4.30. The Morgan fingerprint density at radius 2 is 2.05 bits per heavy atom. The van der Waals surface area contributed by atoms with Crippen molar-refractivity contribution >= 4 is 12.2 Å². The molecule has 1 heterocycles. The molecule has 0 spiro atoms. The first-order valence-electron chi connectivity index (χ1n) is 7.66. The minimum Gasteiger partial charge on any atom is -0.353 e. The van der Waals surface area contributed by atoms with Gasteiger partial charge in [0.05, 0.1) is 0 Å². The Hall–Kier alpha value is -1.16. The molecular weight excluding hydrogens is 264 g/mol. The summed E-state index contributed by atoms with van der Waals surface area (Å²) in [5, 5.41) is 6.53. The minimum absolute atomic E-state index is 0.160. The van der Waals surface area contributed by atoms with E-state index >= 15 is 0 Å². The molecule has 0 aromatic rings. The fraction of sp³-hybridized carbons (Fsp3) is 0.765. The molecule has 1 saturated heterocycles. The lowest BCUT2D eigenvalue weighted by molar-refractivity contribution is -0.125. The number of nitrogens with one attached hydrogen (secondary N) is 2. The maximum Gasteiger partial charge on any atom is 0.207 e. The zero-order valence-electron chi connectivity index (χ0n) is 14.1. The van der Waals surface area contributed by atoms with Gasteiger partial charge in [-0.2, -0.15) is 0 Å². The van der Waals surface area contributed by atoms with Gasteiger partial charge in [-0.05, 0) is 53.9 Å². The van der Waals surface area contributed by atoms with E-state index in [-0.39, 0.29) is 16.6 Å². The lowest BCUT2D eigenvalue weighted by Crippen LogP contribution is -2.60. The highest BCUT2D eigenvalue weighted by Gasteiger charge is 2.40. The van der Waals surface area contributed by atoms with E-state index in [1.807, 2.05) is 13.8 Å². The molecule has 1 amide bonds. The van der Waals surface area contributed by atoms with Crippen molar-refractivity contribution in [3.63, 3.8) is 0 Å². The average Bonchev–Trinajstić information content (AvgIpc) is 2.22. The number of carbonyl (C=O) groups excluding carboxylic acids is 2. The monoisotopic (exact) mass is 294 g/mol. The van der Waals surface area contributed by atoms with Gasteiger partial charge in [-0.3, -0.25) is 9.59 Å². The zero-order valence-corrected chi connectivity index (χ0v) is 14.1. The second kappa shape index (κ2) is 6.30. The first-order chi connectivity index (χ1) is 9.49. The van der Waals surface area contributed by atoms with Gasteiger partial charge in [0.15, 0.2) is 0 Å². The summed E-state index contributed by atoms with van der Waals surface area (Å²) in [5.41, 5.74) is 0.375. The van der Waals surface area contributed by atoms with Crippen molar-refractivity contribution in [2.45, 2.75) is 83.3 Å². The quantitative estimate of drug-likeness (QED) is 0.561. The first-order valence-corrected chi connectivity index (χ1v) is 7.66. The smallest absolute Gasteiger partial charge is 0.207 e. The minimum atomic E-state index is -0.303. The second-order valence-corrected chi connectivity index (χ2v) is 7.92. The van der Waals surface area contributed by atoms with E-state index in [4.69, 9.17) is 0 Å². The summed E-state index contributed by atoms with van der Waals surface area (Å²) in [6.45, 7) is 14.2. The number of hydrogen-bond donors (Lipinski definition) is 2. The third-order valence-corrected chi connectivity index (χ3v) is 4.19. The maximum absolute atomic E-state index is 12.0. The average molecular weight is 294 g/mol. The summed E-state index contributed by atoms with van der Waals surface area (Å²) in [6, 6.07) is 0. The molecule has 1 aliphatic rings. The Morgan fingerprint density at radius 3 is 2.52 bits per heavy atom. The van der Waals surface area contributed by atoms with Gasteiger partial charge < -0.3 is 10.6 Å². The Labute approximate surface area is 128 Å². The molecule has 2 unspecified atom stereocenters. The third-order valence-electron chi connectivity index (χ3n) is 4.19. The van der Waals surface area contributed by atoms with Crippen molar-refractivity contribution in [1.82, 2.24) is 10.6 Å². The lowest BCUT2D eigenvalue weighted by Gasteiger charge is -2.45. The highest BCUT2D eigenvalue weighted by Crippen LogP contribution is 2.32. The van der Waals surface area contributed by atoms with Gasteiger partial charge in [-0.25, -0.2) is 0 Å². The van der Waals surface area contributed by atoms with Crippen molar-refractivity contribution in [1.29, 1.82) is 0 Å². The summed E-state index contributed by atoms with van der Waals surface area (Å²) in [5.74, 6) is 0.311. The van der Waals surface area contributed by atoms with Crippen LogP contribution in [0.1, 0.15) is 66.7 Å². The molecule has 1 rings (SSSR count).